The van der Waals surface area contributed by atoms with Crippen molar-refractivity contribution in [1.82, 2.24) is 0 Å². The summed E-state index contributed by atoms with van der Waals surface area (Å²) in [6, 6.07) is 4.17. The first-order valence-electron chi connectivity index (χ1n) is 6.05. The molecular formula is C13H16N2O3S. The SMILES string of the molecule is NC(=O)c1ccc(S(N)(=O)=O)cc1C1=CCCCC1. The maximum Gasteiger partial charge on any atom is 0.249 e. The number of amides is 1. The number of carbonyl (C=O) groups is 1. The zero-order chi connectivity index (χ0) is 14.0. The molecule has 19 heavy (non-hydrogen) atoms. The molecule has 6 heteroatoms. The van der Waals surface area contributed by atoms with Crippen molar-refractivity contribution < 1.29 is 13.2 Å². The van der Waals surface area contributed by atoms with Gasteiger partial charge in [0.15, 0.2) is 0 Å². The van der Waals surface area contributed by atoms with E-state index in [-0.39, 0.29) is 4.90 Å². The minimum Gasteiger partial charge on any atom is -0.366 e. The first kappa shape index (κ1) is 13.8. The number of benzene rings is 1. The molecule has 0 radical (unpaired) electrons. The Kier molecular flexibility index (Phi) is 3.73. The number of primary sulfonamides is 1. The quantitative estimate of drug-likeness (QED) is 0.874. The van der Waals surface area contributed by atoms with Crippen LogP contribution >= 0.6 is 0 Å². The van der Waals surface area contributed by atoms with Gasteiger partial charge in [-0.1, -0.05) is 6.08 Å². The molecule has 0 atom stereocenters. The van der Waals surface area contributed by atoms with E-state index in [0.717, 1.165) is 31.3 Å². The highest BCUT2D eigenvalue weighted by atomic mass is 32.2. The van der Waals surface area contributed by atoms with Gasteiger partial charge in [0, 0.05) is 5.56 Å². The second-order valence-corrected chi connectivity index (χ2v) is 6.15. The Morgan fingerprint density at radius 2 is 1.95 bits per heavy atom. The van der Waals surface area contributed by atoms with Crippen LogP contribution in [0.3, 0.4) is 0 Å². The summed E-state index contributed by atoms with van der Waals surface area (Å²) in [4.78, 5) is 11.4. The van der Waals surface area contributed by atoms with Crippen molar-refractivity contribution in [3.05, 3.63) is 35.4 Å². The lowest BCUT2D eigenvalue weighted by atomic mass is 9.90. The summed E-state index contributed by atoms with van der Waals surface area (Å²) in [6.45, 7) is 0. The fraction of sp³-hybridized carbons (Fsp3) is 0.308. The number of sulfonamides is 1. The first-order chi connectivity index (χ1) is 8.89. The molecule has 1 aromatic rings. The molecule has 0 aromatic heterocycles. The molecular weight excluding hydrogens is 264 g/mol. The largest absolute Gasteiger partial charge is 0.366 e. The summed E-state index contributed by atoms with van der Waals surface area (Å²) >= 11 is 0. The zero-order valence-corrected chi connectivity index (χ0v) is 11.2. The van der Waals surface area contributed by atoms with Crippen LogP contribution in [0.15, 0.2) is 29.2 Å². The summed E-state index contributed by atoms with van der Waals surface area (Å²) in [5, 5.41) is 5.12. The second-order valence-electron chi connectivity index (χ2n) is 4.59. The Hall–Kier alpha value is -1.66. The van der Waals surface area contributed by atoms with Crippen molar-refractivity contribution in [1.29, 1.82) is 0 Å². The Labute approximate surface area is 112 Å². The van der Waals surface area contributed by atoms with Gasteiger partial charge in [0.1, 0.15) is 0 Å². The molecule has 1 amide bonds. The van der Waals surface area contributed by atoms with E-state index in [4.69, 9.17) is 10.9 Å². The number of carbonyl (C=O) groups excluding carboxylic acids is 1. The molecule has 0 fully saturated rings. The van der Waals surface area contributed by atoms with Gasteiger partial charge in [-0.15, -0.1) is 0 Å². The van der Waals surface area contributed by atoms with E-state index in [9.17, 15) is 13.2 Å². The lowest BCUT2D eigenvalue weighted by molar-refractivity contribution is 0.1000. The van der Waals surface area contributed by atoms with E-state index in [1.54, 1.807) is 0 Å². The van der Waals surface area contributed by atoms with Crippen LogP contribution in [0.2, 0.25) is 0 Å². The molecule has 0 spiro atoms. The molecule has 1 aliphatic rings. The molecule has 102 valence electrons. The topological polar surface area (TPSA) is 103 Å². The molecule has 0 saturated carbocycles. The van der Waals surface area contributed by atoms with Crippen LogP contribution in [0.5, 0.6) is 0 Å². The van der Waals surface area contributed by atoms with E-state index in [2.05, 4.69) is 0 Å². The van der Waals surface area contributed by atoms with E-state index in [0.29, 0.717) is 11.1 Å². The Bertz CT molecular complexity index is 648. The van der Waals surface area contributed by atoms with Crippen LogP contribution in [0.25, 0.3) is 5.57 Å². The molecule has 5 nitrogen and oxygen atoms in total. The monoisotopic (exact) mass is 280 g/mol. The van der Waals surface area contributed by atoms with E-state index < -0.39 is 15.9 Å². The number of rotatable bonds is 3. The van der Waals surface area contributed by atoms with Crippen molar-refractivity contribution in [2.24, 2.45) is 10.9 Å². The normalized spacial score (nSPS) is 15.9. The molecule has 1 aromatic carbocycles. The van der Waals surface area contributed by atoms with Gasteiger partial charge >= 0.3 is 0 Å². The van der Waals surface area contributed by atoms with Gasteiger partial charge < -0.3 is 5.73 Å². The standard InChI is InChI=1S/C13H16N2O3S/c14-13(16)11-7-6-10(19(15,17)18)8-12(11)9-4-2-1-3-5-9/h4,6-8H,1-3,5H2,(H2,14,16)(H2,15,17,18). The molecule has 0 bridgehead atoms. The Morgan fingerprint density at radius 3 is 2.47 bits per heavy atom. The van der Waals surface area contributed by atoms with Crippen LogP contribution < -0.4 is 10.9 Å². The fourth-order valence-corrected chi connectivity index (χ4v) is 2.80. The highest BCUT2D eigenvalue weighted by Gasteiger charge is 2.17. The van der Waals surface area contributed by atoms with Gasteiger partial charge in [-0.05, 0) is 55.0 Å². The molecule has 2 rings (SSSR count). The van der Waals surface area contributed by atoms with Gasteiger partial charge in [-0.3, -0.25) is 4.79 Å². The van der Waals surface area contributed by atoms with E-state index in [1.807, 2.05) is 6.08 Å². The molecule has 0 heterocycles. The van der Waals surface area contributed by atoms with Gasteiger partial charge in [-0.25, -0.2) is 13.6 Å². The van der Waals surface area contributed by atoms with Crippen molar-refractivity contribution >= 4 is 21.5 Å². The highest BCUT2D eigenvalue weighted by Crippen LogP contribution is 2.30. The number of primary amides is 1. The number of hydrogen-bond donors (Lipinski definition) is 2. The average molecular weight is 280 g/mol. The van der Waals surface area contributed by atoms with Crippen molar-refractivity contribution in [3.63, 3.8) is 0 Å². The summed E-state index contributed by atoms with van der Waals surface area (Å²) in [5.74, 6) is -0.567. The van der Waals surface area contributed by atoms with Crippen molar-refractivity contribution in [3.8, 4) is 0 Å². The zero-order valence-electron chi connectivity index (χ0n) is 10.4. The Morgan fingerprint density at radius 1 is 1.21 bits per heavy atom. The second kappa shape index (κ2) is 5.14. The summed E-state index contributed by atoms with van der Waals surface area (Å²) in [5.41, 5.74) is 7.21. The van der Waals surface area contributed by atoms with Crippen LogP contribution in [-0.4, -0.2) is 14.3 Å². The highest BCUT2D eigenvalue weighted by molar-refractivity contribution is 7.89. The summed E-state index contributed by atoms with van der Waals surface area (Å²) in [6.07, 6.45) is 5.88. The van der Waals surface area contributed by atoms with E-state index in [1.165, 1.54) is 18.2 Å². The van der Waals surface area contributed by atoms with Crippen LogP contribution in [0, 0.1) is 0 Å². The summed E-state index contributed by atoms with van der Waals surface area (Å²) < 4.78 is 22.8. The van der Waals surface area contributed by atoms with Crippen molar-refractivity contribution in [2.45, 2.75) is 30.6 Å². The van der Waals surface area contributed by atoms with Gasteiger partial charge in [0.05, 0.1) is 4.90 Å². The smallest absolute Gasteiger partial charge is 0.249 e. The minimum atomic E-state index is -3.79. The first-order valence-corrected chi connectivity index (χ1v) is 7.60. The van der Waals surface area contributed by atoms with E-state index >= 15 is 0 Å². The predicted octanol–water partition coefficient (Wildman–Crippen LogP) is 1.39. The number of allylic oxidation sites excluding steroid dienone is 2. The molecule has 0 unspecified atom stereocenters. The molecule has 0 saturated heterocycles. The third-order valence-electron chi connectivity index (χ3n) is 3.22. The summed E-state index contributed by atoms with van der Waals surface area (Å²) in [7, 11) is -3.79. The Balaban J connectivity index is 2.60. The van der Waals surface area contributed by atoms with Crippen LogP contribution in [0.4, 0.5) is 0 Å². The van der Waals surface area contributed by atoms with Gasteiger partial charge in [-0.2, -0.15) is 0 Å². The lowest BCUT2D eigenvalue weighted by Crippen LogP contribution is -2.17. The van der Waals surface area contributed by atoms with Gasteiger partial charge in [0.25, 0.3) is 0 Å². The lowest BCUT2D eigenvalue weighted by Gasteiger charge is -2.16. The van der Waals surface area contributed by atoms with Crippen molar-refractivity contribution in [2.75, 3.05) is 0 Å². The predicted molar refractivity (Wildman–Crippen MR) is 72.8 cm³/mol. The molecule has 1 aliphatic carbocycles. The third-order valence-corrected chi connectivity index (χ3v) is 4.13. The number of nitrogens with two attached hydrogens (primary N) is 2. The molecule has 0 aliphatic heterocycles. The van der Waals surface area contributed by atoms with Gasteiger partial charge in [0.2, 0.25) is 15.9 Å². The maximum absolute atomic E-state index is 11.4. The number of hydrogen-bond acceptors (Lipinski definition) is 3. The van der Waals surface area contributed by atoms with Crippen LogP contribution in [-0.2, 0) is 10.0 Å². The maximum atomic E-state index is 11.4. The third kappa shape index (κ3) is 3.02. The van der Waals surface area contributed by atoms with Crippen LogP contribution in [0.1, 0.15) is 41.6 Å². The fourth-order valence-electron chi connectivity index (χ4n) is 2.26. The average Bonchev–Trinajstić information content (AvgIpc) is 2.38. The molecule has 4 N–H and O–H groups in total. The minimum absolute atomic E-state index is 0.000950.